The van der Waals surface area contributed by atoms with Crippen LogP contribution >= 0.6 is 11.8 Å². The highest BCUT2D eigenvalue weighted by Gasteiger charge is 2.68. The van der Waals surface area contributed by atoms with Crippen LogP contribution in [0.3, 0.4) is 0 Å². The molecule has 5 nitrogen and oxygen atoms in total. The number of nitrogens with zero attached hydrogens (tertiary/aromatic N) is 2. The summed E-state index contributed by atoms with van der Waals surface area (Å²) >= 11 is 1.09. The molecule has 0 spiro atoms. The molecule has 9 heteroatoms. The lowest BCUT2D eigenvalue weighted by Crippen LogP contribution is -2.63. The van der Waals surface area contributed by atoms with Gasteiger partial charge in [-0.1, -0.05) is 11.8 Å². The molecular formula is C10H10F3N3O2S. The number of rotatable bonds is 2. The number of carbonyl (C=O) groups excluding carboxylic acids is 2. The molecule has 1 unspecified atom stereocenters. The third-order valence-corrected chi connectivity index (χ3v) is 4.21. The van der Waals surface area contributed by atoms with Crippen molar-refractivity contribution in [1.29, 1.82) is 0 Å². The van der Waals surface area contributed by atoms with E-state index in [1.807, 2.05) is 5.32 Å². The number of nitrogens with one attached hydrogen (secondary N) is 1. The second-order valence-corrected chi connectivity index (χ2v) is 5.73. The van der Waals surface area contributed by atoms with Gasteiger partial charge in [-0.25, -0.2) is 4.99 Å². The van der Waals surface area contributed by atoms with Crippen molar-refractivity contribution in [1.82, 2.24) is 10.2 Å². The fourth-order valence-electron chi connectivity index (χ4n) is 2.03. The SMILES string of the molecule is O=C(NC1(C(F)(F)F)N=C2SCCN2C1=O)C1CC1. The van der Waals surface area contributed by atoms with E-state index < -0.39 is 29.6 Å². The van der Waals surface area contributed by atoms with Crippen LogP contribution < -0.4 is 5.32 Å². The van der Waals surface area contributed by atoms with Crippen molar-refractivity contribution in [3.8, 4) is 0 Å². The summed E-state index contributed by atoms with van der Waals surface area (Å²) in [5.74, 6) is -1.85. The molecule has 0 aromatic rings. The van der Waals surface area contributed by atoms with Gasteiger partial charge in [0.2, 0.25) is 5.91 Å². The molecule has 2 fully saturated rings. The maximum atomic E-state index is 13.2. The summed E-state index contributed by atoms with van der Waals surface area (Å²) < 4.78 is 39.7. The molecule has 3 aliphatic rings. The first-order valence-corrected chi connectivity index (χ1v) is 6.77. The van der Waals surface area contributed by atoms with Crippen LogP contribution in [0.2, 0.25) is 0 Å². The van der Waals surface area contributed by atoms with Crippen molar-refractivity contribution in [2.24, 2.45) is 10.9 Å². The van der Waals surface area contributed by atoms with Crippen LogP contribution in [0.15, 0.2) is 4.99 Å². The van der Waals surface area contributed by atoms with Crippen molar-refractivity contribution < 1.29 is 22.8 Å². The molecule has 2 amide bonds. The molecule has 3 rings (SSSR count). The Hall–Kier alpha value is -1.25. The van der Waals surface area contributed by atoms with E-state index in [0.717, 1.165) is 16.7 Å². The summed E-state index contributed by atoms with van der Waals surface area (Å²) in [6.07, 6.45) is -3.82. The zero-order chi connectivity index (χ0) is 13.8. The lowest BCUT2D eigenvalue weighted by Gasteiger charge is -2.28. The lowest BCUT2D eigenvalue weighted by molar-refractivity contribution is -0.200. The Labute approximate surface area is 110 Å². The van der Waals surface area contributed by atoms with Crippen molar-refractivity contribution in [2.75, 3.05) is 12.3 Å². The zero-order valence-corrected chi connectivity index (χ0v) is 10.5. The van der Waals surface area contributed by atoms with E-state index in [-0.39, 0.29) is 11.7 Å². The standard InChI is InChI=1S/C10H10F3N3O2S/c11-10(12,13)9(14-6(17)5-1-2-5)7(18)16-3-4-19-8(16)15-9/h5H,1-4H2,(H,14,17). The van der Waals surface area contributed by atoms with Gasteiger partial charge in [0.05, 0.1) is 0 Å². The summed E-state index contributed by atoms with van der Waals surface area (Å²) in [5.41, 5.74) is -3.12. The summed E-state index contributed by atoms with van der Waals surface area (Å²) in [5, 5.41) is 1.86. The zero-order valence-electron chi connectivity index (χ0n) is 9.66. The van der Waals surface area contributed by atoms with E-state index in [1.54, 1.807) is 0 Å². The molecule has 0 aromatic carbocycles. The van der Waals surface area contributed by atoms with Gasteiger partial charge in [0.1, 0.15) is 0 Å². The number of amidine groups is 1. The molecule has 1 atom stereocenters. The Morgan fingerprint density at radius 2 is 2.16 bits per heavy atom. The molecule has 0 bridgehead atoms. The molecule has 1 saturated heterocycles. The van der Waals surface area contributed by atoms with Crippen molar-refractivity contribution in [3.05, 3.63) is 0 Å². The molecule has 0 aromatic heterocycles. The fourth-order valence-corrected chi connectivity index (χ4v) is 3.02. The van der Waals surface area contributed by atoms with Gasteiger partial charge in [-0.15, -0.1) is 0 Å². The third-order valence-electron chi connectivity index (χ3n) is 3.26. The van der Waals surface area contributed by atoms with Gasteiger partial charge in [-0.2, -0.15) is 13.2 Å². The van der Waals surface area contributed by atoms with E-state index in [0.29, 0.717) is 18.6 Å². The number of amides is 2. The van der Waals surface area contributed by atoms with Crippen LogP contribution in [0.4, 0.5) is 13.2 Å². The average Bonchev–Trinajstić information content (AvgIpc) is 3.00. The molecule has 19 heavy (non-hydrogen) atoms. The first kappa shape index (κ1) is 12.8. The summed E-state index contributed by atoms with van der Waals surface area (Å²) in [4.78, 5) is 28.1. The Balaban J connectivity index is 1.96. The van der Waals surface area contributed by atoms with Gasteiger partial charge >= 0.3 is 11.8 Å². The number of fused-ring (bicyclic) bond motifs is 1. The molecule has 104 valence electrons. The molecule has 1 saturated carbocycles. The van der Waals surface area contributed by atoms with Crippen LogP contribution in [-0.4, -0.2) is 46.0 Å². The van der Waals surface area contributed by atoms with Gasteiger partial charge < -0.3 is 5.32 Å². The van der Waals surface area contributed by atoms with Gasteiger partial charge in [-0.3, -0.25) is 14.5 Å². The highest BCUT2D eigenvalue weighted by Crippen LogP contribution is 2.41. The quantitative estimate of drug-likeness (QED) is 0.816. The Morgan fingerprint density at radius 3 is 2.68 bits per heavy atom. The van der Waals surface area contributed by atoms with Crippen LogP contribution in [0, 0.1) is 5.92 Å². The number of halogens is 3. The second kappa shape index (κ2) is 3.87. The summed E-state index contributed by atoms with van der Waals surface area (Å²) in [7, 11) is 0. The Bertz CT molecular complexity index is 489. The van der Waals surface area contributed by atoms with E-state index in [2.05, 4.69) is 4.99 Å². The number of hydrogen-bond donors (Lipinski definition) is 1. The lowest BCUT2D eigenvalue weighted by atomic mass is 10.1. The summed E-state index contributed by atoms with van der Waals surface area (Å²) in [6, 6.07) is 0. The molecule has 2 aliphatic heterocycles. The van der Waals surface area contributed by atoms with E-state index in [1.165, 1.54) is 0 Å². The van der Waals surface area contributed by atoms with Crippen molar-refractivity contribution in [2.45, 2.75) is 24.7 Å². The van der Waals surface area contributed by atoms with E-state index in [9.17, 15) is 22.8 Å². The number of hydrogen-bond acceptors (Lipinski definition) is 4. The first-order chi connectivity index (χ1) is 8.85. The van der Waals surface area contributed by atoms with Gasteiger partial charge in [0.15, 0.2) is 5.17 Å². The van der Waals surface area contributed by atoms with Gasteiger partial charge in [0.25, 0.3) is 5.91 Å². The van der Waals surface area contributed by atoms with Crippen molar-refractivity contribution in [3.63, 3.8) is 0 Å². The smallest absolute Gasteiger partial charge is 0.316 e. The minimum atomic E-state index is -4.94. The van der Waals surface area contributed by atoms with Gasteiger partial charge in [-0.05, 0) is 12.8 Å². The highest BCUT2D eigenvalue weighted by molar-refractivity contribution is 8.14. The van der Waals surface area contributed by atoms with E-state index >= 15 is 0 Å². The number of carbonyl (C=O) groups is 2. The molecule has 1 N–H and O–H groups in total. The number of aliphatic imine (C=N–C) groups is 1. The third kappa shape index (κ3) is 1.82. The predicted octanol–water partition coefficient (Wildman–Crippen LogP) is 0.716. The van der Waals surface area contributed by atoms with Crippen LogP contribution in [-0.2, 0) is 9.59 Å². The highest BCUT2D eigenvalue weighted by atomic mass is 32.2. The molecule has 0 radical (unpaired) electrons. The Kier molecular flexibility index (Phi) is 2.60. The normalized spacial score (nSPS) is 30.4. The second-order valence-electron chi connectivity index (χ2n) is 4.67. The fraction of sp³-hybridized carbons (Fsp3) is 0.700. The van der Waals surface area contributed by atoms with Crippen molar-refractivity contribution >= 4 is 28.7 Å². The topological polar surface area (TPSA) is 61.8 Å². The Morgan fingerprint density at radius 1 is 1.47 bits per heavy atom. The molecule has 1 aliphatic carbocycles. The van der Waals surface area contributed by atoms with Gasteiger partial charge in [0, 0.05) is 18.2 Å². The molecular weight excluding hydrogens is 283 g/mol. The largest absolute Gasteiger partial charge is 0.442 e. The predicted molar refractivity (Wildman–Crippen MR) is 61.3 cm³/mol. The summed E-state index contributed by atoms with van der Waals surface area (Å²) in [6.45, 7) is 0.194. The monoisotopic (exact) mass is 293 g/mol. The maximum Gasteiger partial charge on any atom is 0.442 e. The average molecular weight is 293 g/mol. The van der Waals surface area contributed by atoms with Crippen LogP contribution in [0.1, 0.15) is 12.8 Å². The van der Waals surface area contributed by atoms with Crippen LogP contribution in [0.25, 0.3) is 0 Å². The van der Waals surface area contributed by atoms with Crippen LogP contribution in [0.5, 0.6) is 0 Å². The number of alkyl halides is 3. The minimum Gasteiger partial charge on any atom is -0.316 e. The van der Waals surface area contributed by atoms with E-state index in [4.69, 9.17) is 0 Å². The maximum absolute atomic E-state index is 13.2. The first-order valence-electron chi connectivity index (χ1n) is 5.78. The molecule has 2 heterocycles. The minimum absolute atomic E-state index is 0.0402. The number of thioether (sulfide) groups is 1.